The molecule has 0 heterocycles. The number of rotatable bonds is 1. The summed E-state index contributed by atoms with van der Waals surface area (Å²) in [5, 5.41) is 10.4. The molecule has 1 N–H and O–H groups in total. The quantitative estimate of drug-likeness (QED) is 0.785. The molecule has 0 saturated carbocycles. The highest BCUT2D eigenvalue weighted by Gasteiger charge is 2.43. The molecule has 0 saturated heterocycles. The number of benzene rings is 1. The third kappa shape index (κ3) is 1.91. The van der Waals surface area contributed by atoms with Crippen LogP contribution in [0, 0.1) is 0 Å². The van der Waals surface area contributed by atoms with Crippen LogP contribution in [0.15, 0.2) is 18.2 Å². The molecule has 0 spiro atoms. The minimum Gasteiger partial charge on any atom is -0.392 e. The van der Waals surface area contributed by atoms with Gasteiger partial charge in [-0.25, -0.2) is 0 Å². The Bertz CT molecular complexity index is 429. The third-order valence-corrected chi connectivity index (χ3v) is 4.45. The van der Waals surface area contributed by atoms with Crippen LogP contribution in [-0.2, 0) is 17.3 Å². The molecule has 1 aromatic carbocycles. The van der Waals surface area contributed by atoms with Gasteiger partial charge in [-0.1, -0.05) is 52.8 Å². The number of aliphatic hydroxyl groups excluding tert-OH is 1. The van der Waals surface area contributed by atoms with Crippen molar-refractivity contribution in [1.82, 2.24) is 0 Å². The molecular formula is C16H24O. The van der Waals surface area contributed by atoms with Gasteiger partial charge in [0.2, 0.25) is 0 Å². The van der Waals surface area contributed by atoms with E-state index in [1.54, 1.807) is 0 Å². The summed E-state index contributed by atoms with van der Waals surface area (Å²) >= 11 is 0. The fourth-order valence-electron chi connectivity index (χ4n) is 2.96. The van der Waals surface area contributed by atoms with Gasteiger partial charge in [-0.2, -0.15) is 0 Å². The van der Waals surface area contributed by atoms with Crippen molar-refractivity contribution in [2.75, 3.05) is 0 Å². The van der Waals surface area contributed by atoms with Gasteiger partial charge in [0, 0.05) is 5.41 Å². The van der Waals surface area contributed by atoms with E-state index in [-0.39, 0.29) is 16.9 Å². The van der Waals surface area contributed by atoms with Crippen LogP contribution in [0.25, 0.3) is 0 Å². The van der Waals surface area contributed by atoms with E-state index in [1.165, 1.54) is 16.7 Å². The normalized spacial score (nSPS) is 25.4. The van der Waals surface area contributed by atoms with Gasteiger partial charge in [-0.15, -0.1) is 0 Å². The molecule has 1 heteroatoms. The molecule has 1 nitrogen and oxygen atoms in total. The first-order chi connectivity index (χ1) is 7.79. The van der Waals surface area contributed by atoms with Crippen molar-refractivity contribution in [3.8, 4) is 0 Å². The maximum atomic E-state index is 10.4. The van der Waals surface area contributed by atoms with Gasteiger partial charge in [0.15, 0.2) is 0 Å². The zero-order valence-electron chi connectivity index (χ0n) is 11.7. The van der Waals surface area contributed by atoms with Crippen LogP contribution in [0.2, 0.25) is 0 Å². The van der Waals surface area contributed by atoms with E-state index in [9.17, 15) is 5.11 Å². The maximum absolute atomic E-state index is 10.4. The topological polar surface area (TPSA) is 20.2 Å². The van der Waals surface area contributed by atoms with Gasteiger partial charge in [-0.05, 0) is 34.9 Å². The molecule has 0 aliphatic heterocycles. The molecule has 1 aromatic rings. The molecular weight excluding hydrogens is 208 g/mol. The number of aliphatic hydroxyl groups is 1. The smallest absolute Gasteiger partial charge is 0.0639 e. The molecule has 1 atom stereocenters. The Balaban J connectivity index is 2.64. The molecule has 2 rings (SSSR count). The number of hydrogen-bond acceptors (Lipinski definition) is 1. The molecule has 0 aromatic heterocycles. The number of hydrogen-bond donors (Lipinski definition) is 1. The summed E-state index contributed by atoms with van der Waals surface area (Å²) < 4.78 is 0. The van der Waals surface area contributed by atoms with Crippen molar-refractivity contribution < 1.29 is 5.11 Å². The predicted octanol–water partition coefficient (Wildman–Crippen LogP) is 3.57. The van der Waals surface area contributed by atoms with Crippen molar-refractivity contribution in [3.05, 3.63) is 34.9 Å². The molecule has 1 unspecified atom stereocenters. The van der Waals surface area contributed by atoms with Crippen LogP contribution in [-0.4, -0.2) is 11.2 Å². The Morgan fingerprint density at radius 1 is 1.18 bits per heavy atom. The Morgan fingerprint density at radius 2 is 1.82 bits per heavy atom. The first kappa shape index (κ1) is 12.6. The van der Waals surface area contributed by atoms with Gasteiger partial charge in [0.05, 0.1) is 6.10 Å². The second-order valence-electron chi connectivity index (χ2n) is 6.56. The lowest BCUT2D eigenvalue weighted by Gasteiger charge is -2.45. The van der Waals surface area contributed by atoms with Crippen LogP contribution in [0.4, 0.5) is 0 Å². The summed E-state index contributed by atoms with van der Waals surface area (Å²) in [6, 6.07) is 6.79. The highest BCUT2D eigenvalue weighted by Crippen LogP contribution is 2.46. The van der Waals surface area contributed by atoms with Crippen LogP contribution in [0.5, 0.6) is 0 Å². The Morgan fingerprint density at radius 3 is 2.41 bits per heavy atom. The van der Waals surface area contributed by atoms with Crippen LogP contribution >= 0.6 is 0 Å². The van der Waals surface area contributed by atoms with Gasteiger partial charge >= 0.3 is 0 Å². The lowest BCUT2D eigenvalue weighted by Crippen LogP contribution is -2.45. The maximum Gasteiger partial charge on any atom is 0.0639 e. The van der Waals surface area contributed by atoms with Crippen LogP contribution in [0.3, 0.4) is 0 Å². The van der Waals surface area contributed by atoms with Crippen molar-refractivity contribution in [1.29, 1.82) is 0 Å². The highest BCUT2D eigenvalue weighted by molar-refractivity contribution is 5.44. The van der Waals surface area contributed by atoms with Gasteiger partial charge < -0.3 is 5.11 Å². The second-order valence-corrected chi connectivity index (χ2v) is 6.56. The van der Waals surface area contributed by atoms with Crippen LogP contribution in [0.1, 0.15) is 57.7 Å². The predicted molar refractivity (Wildman–Crippen MR) is 72.5 cm³/mol. The Labute approximate surface area is 105 Å². The summed E-state index contributed by atoms with van der Waals surface area (Å²) in [5.74, 6) is 0. The minimum absolute atomic E-state index is 0.0799. The zero-order chi connectivity index (χ0) is 12.8. The lowest BCUT2D eigenvalue weighted by atomic mass is 9.61. The van der Waals surface area contributed by atoms with Crippen molar-refractivity contribution in [2.24, 2.45) is 0 Å². The largest absolute Gasteiger partial charge is 0.392 e. The van der Waals surface area contributed by atoms with Crippen LogP contribution < -0.4 is 0 Å². The standard InChI is InChI=1S/C16H24O/c1-6-11-7-8-12-13(9-11)16(4,5)14(17)10-15(12,2)3/h7-9,14,17H,6,10H2,1-5H3. The molecule has 94 valence electrons. The van der Waals surface area contributed by atoms with E-state index >= 15 is 0 Å². The van der Waals surface area contributed by atoms with Gasteiger partial charge in [0.1, 0.15) is 0 Å². The molecule has 0 amide bonds. The van der Waals surface area contributed by atoms with Crippen molar-refractivity contribution in [3.63, 3.8) is 0 Å². The van der Waals surface area contributed by atoms with E-state index < -0.39 is 0 Å². The average molecular weight is 232 g/mol. The Kier molecular flexibility index (Phi) is 2.86. The molecule has 0 bridgehead atoms. The van der Waals surface area contributed by atoms with E-state index in [2.05, 4.69) is 52.8 Å². The Hall–Kier alpha value is -0.820. The van der Waals surface area contributed by atoms with E-state index in [0.717, 1.165) is 12.8 Å². The van der Waals surface area contributed by atoms with Crippen molar-refractivity contribution in [2.45, 2.75) is 64.4 Å². The van der Waals surface area contributed by atoms with Gasteiger partial charge in [0.25, 0.3) is 0 Å². The first-order valence-corrected chi connectivity index (χ1v) is 6.61. The van der Waals surface area contributed by atoms with E-state index in [1.807, 2.05) is 0 Å². The molecule has 0 fully saturated rings. The SMILES string of the molecule is CCc1ccc2c(c1)C(C)(C)C(O)CC2(C)C. The molecule has 17 heavy (non-hydrogen) atoms. The summed E-state index contributed by atoms with van der Waals surface area (Å²) in [6.07, 6.45) is 1.65. The fraction of sp³-hybridized carbons (Fsp3) is 0.625. The monoisotopic (exact) mass is 232 g/mol. The summed E-state index contributed by atoms with van der Waals surface area (Å²) in [6.45, 7) is 11.0. The lowest BCUT2D eigenvalue weighted by molar-refractivity contribution is 0.0582. The number of fused-ring (bicyclic) bond motifs is 1. The summed E-state index contributed by atoms with van der Waals surface area (Å²) in [4.78, 5) is 0. The molecule has 1 aliphatic rings. The summed E-state index contributed by atoms with van der Waals surface area (Å²) in [5.41, 5.74) is 4.05. The van der Waals surface area contributed by atoms with Gasteiger partial charge in [-0.3, -0.25) is 0 Å². The second kappa shape index (κ2) is 3.84. The molecule has 1 aliphatic carbocycles. The van der Waals surface area contributed by atoms with Crippen molar-refractivity contribution >= 4 is 0 Å². The zero-order valence-corrected chi connectivity index (χ0v) is 11.7. The number of aryl methyl sites for hydroxylation is 1. The molecule has 0 radical (unpaired) electrons. The fourth-order valence-corrected chi connectivity index (χ4v) is 2.96. The third-order valence-electron chi connectivity index (χ3n) is 4.45. The minimum atomic E-state index is -0.253. The van der Waals surface area contributed by atoms with E-state index in [0.29, 0.717) is 0 Å². The highest BCUT2D eigenvalue weighted by atomic mass is 16.3. The summed E-state index contributed by atoms with van der Waals surface area (Å²) in [7, 11) is 0. The van der Waals surface area contributed by atoms with E-state index in [4.69, 9.17) is 0 Å². The average Bonchev–Trinajstić information content (AvgIpc) is 2.26. The first-order valence-electron chi connectivity index (χ1n) is 6.61.